The summed E-state index contributed by atoms with van der Waals surface area (Å²) in [5, 5.41) is 0. The van der Waals surface area contributed by atoms with E-state index in [1.54, 1.807) is 18.2 Å². The fraction of sp³-hybridized carbons (Fsp3) is 0.250. The van der Waals surface area contributed by atoms with Gasteiger partial charge in [0.05, 0.1) is 17.6 Å². The number of carbonyl (C=O) groups excluding carboxylic acids is 2. The Kier molecular flexibility index (Phi) is 6.46. The van der Waals surface area contributed by atoms with Crippen LogP contribution < -0.4 is 20.3 Å². The van der Waals surface area contributed by atoms with E-state index < -0.39 is 5.91 Å². The van der Waals surface area contributed by atoms with Gasteiger partial charge in [0.2, 0.25) is 5.91 Å². The molecule has 28 heavy (non-hydrogen) atoms. The highest BCUT2D eigenvalue weighted by atomic mass is 16.5. The topological polar surface area (TPSA) is 105 Å². The minimum absolute atomic E-state index is 0.189. The molecular formula is C20H22N4O4. The summed E-state index contributed by atoms with van der Waals surface area (Å²) in [6.45, 7) is 2.12. The number of aromatic amines is 1. The van der Waals surface area contributed by atoms with Crippen LogP contribution in [0.15, 0.2) is 48.5 Å². The first-order valence-corrected chi connectivity index (χ1v) is 9.01. The van der Waals surface area contributed by atoms with Crippen LogP contribution in [0.3, 0.4) is 0 Å². The third-order valence-corrected chi connectivity index (χ3v) is 3.88. The SMILES string of the molecule is CCOc1ccccc1OCC(=O)NNC(=O)CCc1nc2ccccc2[nH]1. The summed E-state index contributed by atoms with van der Waals surface area (Å²) in [4.78, 5) is 31.4. The number of rotatable bonds is 8. The molecule has 0 atom stereocenters. The van der Waals surface area contributed by atoms with E-state index in [2.05, 4.69) is 20.8 Å². The lowest BCUT2D eigenvalue weighted by molar-refractivity contribution is -0.130. The maximum atomic E-state index is 11.9. The molecule has 0 fully saturated rings. The Morgan fingerprint density at radius 1 is 0.964 bits per heavy atom. The van der Waals surface area contributed by atoms with Crippen molar-refractivity contribution in [2.45, 2.75) is 19.8 Å². The molecule has 3 rings (SSSR count). The summed E-state index contributed by atoms with van der Waals surface area (Å²) < 4.78 is 10.9. The van der Waals surface area contributed by atoms with Crippen molar-refractivity contribution in [1.29, 1.82) is 0 Å². The van der Waals surface area contributed by atoms with Crippen LogP contribution in [0.2, 0.25) is 0 Å². The number of imidazole rings is 1. The van der Waals surface area contributed by atoms with Gasteiger partial charge in [-0.05, 0) is 31.2 Å². The van der Waals surface area contributed by atoms with Gasteiger partial charge in [0.15, 0.2) is 18.1 Å². The Hall–Kier alpha value is -3.55. The molecule has 8 nitrogen and oxygen atoms in total. The van der Waals surface area contributed by atoms with Gasteiger partial charge in [0, 0.05) is 12.8 Å². The molecule has 1 aromatic heterocycles. The first-order valence-electron chi connectivity index (χ1n) is 9.01. The third kappa shape index (κ3) is 5.23. The summed E-state index contributed by atoms with van der Waals surface area (Å²) in [6.07, 6.45) is 0.628. The first kappa shape index (κ1) is 19.2. The second kappa shape index (κ2) is 9.40. The average Bonchev–Trinajstić information content (AvgIpc) is 3.13. The molecule has 0 saturated heterocycles. The van der Waals surface area contributed by atoms with Gasteiger partial charge in [-0.2, -0.15) is 0 Å². The van der Waals surface area contributed by atoms with Crippen molar-refractivity contribution in [3.8, 4) is 11.5 Å². The van der Waals surface area contributed by atoms with Crippen LogP contribution >= 0.6 is 0 Å². The highest BCUT2D eigenvalue weighted by molar-refractivity contribution is 5.83. The zero-order chi connectivity index (χ0) is 19.8. The quantitative estimate of drug-likeness (QED) is 0.518. The molecule has 0 saturated carbocycles. The maximum absolute atomic E-state index is 11.9. The predicted molar refractivity (Wildman–Crippen MR) is 104 cm³/mol. The number of para-hydroxylation sites is 4. The standard InChI is InChI=1S/C20H22N4O4/c1-2-27-16-9-5-6-10-17(16)28-13-20(26)24-23-19(25)12-11-18-21-14-7-3-4-8-15(14)22-18/h3-10H,2,11-13H2,1H3,(H,21,22)(H,23,25)(H,24,26). The molecule has 0 aliphatic heterocycles. The number of amides is 2. The molecule has 0 spiro atoms. The molecule has 8 heteroatoms. The average molecular weight is 382 g/mol. The number of hydrazine groups is 1. The van der Waals surface area contributed by atoms with E-state index in [4.69, 9.17) is 9.47 Å². The van der Waals surface area contributed by atoms with Crippen LogP contribution in [0.1, 0.15) is 19.2 Å². The van der Waals surface area contributed by atoms with E-state index in [0.29, 0.717) is 24.5 Å². The van der Waals surface area contributed by atoms with Crippen LogP contribution in [0.4, 0.5) is 0 Å². The highest BCUT2D eigenvalue weighted by Gasteiger charge is 2.10. The van der Waals surface area contributed by atoms with Gasteiger partial charge >= 0.3 is 0 Å². The van der Waals surface area contributed by atoms with Crippen LogP contribution in [-0.4, -0.2) is 35.0 Å². The Morgan fingerprint density at radius 2 is 1.64 bits per heavy atom. The molecule has 146 valence electrons. The zero-order valence-electron chi connectivity index (χ0n) is 15.5. The molecule has 0 radical (unpaired) electrons. The minimum Gasteiger partial charge on any atom is -0.490 e. The van der Waals surface area contributed by atoms with Gasteiger partial charge in [-0.1, -0.05) is 24.3 Å². The summed E-state index contributed by atoms with van der Waals surface area (Å²) in [6, 6.07) is 14.7. The molecule has 3 N–H and O–H groups in total. The van der Waals surface area contributed by atoms with Crippen LogP contribution in [0, 0.1) is 0 Å². The molecule has 0 bridgehead atoms. The van der Waals surface area contributed by atoms with E-state index in [9.17, 15) is 9.59 Å². The fourth-order valence-electron chi connectivity index (χ4n) is 2.58. The molecule has 0 aliphatic carbocycles. The lowest BCUT2D eigenvalue weighted by Gasteiger charge is -2.12. The number of fused-ring (bicyclic) bond motifs is 1. The molecule has 2 aromatic carbocycles. The summed E-state index contributed by atoms with van der Waals surface area (Å²) in [7, 11) is 0. The van der Waals surface area contributed by atoms with Crippen molar-refractivity contribution >= 4 is 22.8 Å². The lowest BCUT2D eigenvalue weighted by atomic mass is 10.3. The van der Waals surface area contributed by atoms with Crippen molar-refractivity contribution in [2.24, 2.45) is 0 Å². The lowest BCUT2D eigenvalue weighted by Crippen LogP contribution is -2.43. The van der Waals surface area contributed by atoms with E-state index in [1.165, 1.54) is 0 Å². The summed E-state index contributed by atoms with van der Waals surface area (Å²) >= 11 is 0. The van der Waals surface area contributed by atoms with Gasteiger partial charge < -0.3 is 14.5 Å². The Labute approximate surface area is 162 Å². The van der Waals surface area contributed by atoms with Crippen molar-refractivity contribution < 1.29 is 19.1 Å². The molecule has 0 unspecified atom stereocenters. The number of hydrogen-bond acceptors (Lipinski definition) is 5. The van der Waals surface area contributed by atoms with Crippen LogP contribution in [0.25, 0.3) is 11.0 Å². The van der Waals surface area contributed by atoms with E-state index in [-0.39, 0.29) is 18.9 Å². The third-order valence-electron chi connectivity index (χ3n) is 3.88. The Balaban J connectivity index is 1.40. The van der Waals surface area contributed by atoms with E-state index in [0.717, 1.165) is 16.9 Å². The summed E-state index contributed by atoms with van der Waals surface area (Å²) in [5.74, 6) is 0.967. The van der Waals surface area contributed by atoms with Gasteiger partial charge in [-0.25, -0.2) is 4.98 Å². The molecule has 3 aromatic rings. The van der Waals surface area contributed by atoms with Crippen molar-refractivity contribution in [3.05, 3.63) is 54.4 Å². The van der Waals surface area contributed by atoms with E-state index in [1.807, 2.05) is 37.3 Å². The molecule has 1 heterocycles. The smallest absolute Gasteiger partial charge is 0.276 e. The van der Waals surface area contributed by atoms with Crippen molar-refractivity contribution in [3.63, 3.8) is 0 Å². The van der Waals surface area contributed by atoms with Gasteiger partial charge in [-0.15, -0.1) is 0 Å². The molecular weight excluding hydrogens is 360 g/mol. The number of hydrogen-bond donors (Lipinski definition) is 3. The number of ether oxygens (including phenoxy) is 2. The second-order valence-corrected chi connectivity index (χ2v) is 5.97. The number of nitrogens with one attached hydrogen (secondary N) is 3. The van der Waals surface area contributed by atoms with Gasteiger partial charge in [0.1, 0.15) is 5.82 Å². The normalized spacial score (nSPS) is 10.5. The number of H-pyrrole nitrogens is 1. The highest BCUT2D eigenvalue weighted by Crippen LogP contribution is 2.26. The Bertz CT molecular complexity index is 921. The van der Waals surface area contributed by atoms with E-state index >= 15 is 0 Å². The molecule has 0 aliphatic rings. The predicted octanol–water partition coefficient (Wildman–Crippen LogP) is 2.12. The van der Waals surface area contributed by atoms with Crippen LogP contribution in [0.5, 0.6) is 11.5 Å². The number of nitrogens with zero attached hydrogens (tertiary/aromatic N) is 1. The monoisotopic (exact) mass is 382 g/mol. The maximum Gasteiger partial charge on any atom is 0.276 e. The number of aryl methyl sites for hydroxylation is 1. The molecule has 2 amide bonds. The minimum atomic E-state index is -0.469. The van der Waals surface area contributed by atoms with Crippen LogP contribution in [-0.2, 0) is 16.0 Å². The first-order chi connectivity index (χ1) is 13.7. The largest absolute Gasteiger partial charge is 0.490 e. The van der Waals surface area contributed by atoms with Gasteiger partial charge in [0.25, 0.3) is 5.91 Å². The summed E-state index contributed by atoms with van der Waals surface area (Å²) in [5.41, 5.74) is 6.49. The number of aromatic nitrogens is 2. The fourth-order valence-corrected chi connectivity index (χ4v) is 2.58. The number of benzene rings is 2. The number of carbonyl (C=O) groups is 2. The van der Waals surface area contributed by atoms with Gasteiger partial charge in [-0.3, -0.25) is 20.4 Å². The zero-order valence-corrected chi connectivity index (χ0v) is 15.5. The van der Waals surface area contributed by atoms with Crippen molar-refractivity contribution in [1.82, 2.24) is 20.8 Å². The Morgan fingerprint density at radius 3 is 2.39 bits per heavy atom. The van der Waals surface area contributed by atoms with Crippen molar-refractivity contribution in [2.75, 3.05) is 13.2 Å². The second-order valence-electron chi connectivity index (χ2n) is 5.97.